The first-order valence-electron chi connectivity index (χ1n) is 6.57. The fraction of sp³-hybridized carbons (Fsp3) is 0.267. The Morgan fingerprint density at radius 1 is 1.32 bits per heavy atom. The van der Waals surface area contributed by atoms with Crippen LogP contribution >= 0.6 is 15.9 Å². The van der Waals surface area contributed by atoms with Crippen molar-refractivity contribution in [1.29, 1.82) is 0 Å². The number of carbonyl (C=O) groups excluding carboxylic acids is 3. The van der Waals surface area contributed by atoms with E-state index in [2.05, 4.69) is 26.6 Å². The van der Waals surface area contributed by atoms with E-state index in [4.69, 9.17) is 4.74 Å². The molecule has 0 atom stereocenters. The van der Waals surface area contributed by atoms with Crippen molar-refractivity contribution in [1.82, 2.24) is 10.6 Å². The first kappa shape index (κ1) is 17.9. The van der Waals surface area contributed by atoms with E-state index in [9.17, 15) is 14.4 Å². The molecule has 0 aliphatic rings. The smallest absolute Gasteiger partial charge is 0.331 e. The van der Waals surface area contributed by atoms with Gasteiger partial charge in [-0.2, -0.15) is 0 Å². The molecule has 22 heavy (non-hydrogen) atoms. The molecule has 0 aliphatic carbocycles. The van der Waals surface area contributed by atoms with Crippen molar-refractivity contribution in [3.8, 4) is 0 Å². The second-order valence-electron chi connectivity index (χ2n) is 4.67. The molecule has 0 fully saturated rings. The number of amides is 3. The van der Waals surface area contributed by atoms with Crippen LogP contribution in [0.15, 0.2) is 34.8 Å². The third kappa shape index (κ3) is 7.58. The first-order valence-corrected chi connectivity index (χ1v) is 7.37. The van der Waals surface area contributed by atoms with Crippen LogP contribution in [0.2, 0.25) is 0 Å². The molecule has 0 saturated carbocycles. The van der Waals surface area contributed by atoms with Crippen LogP contribution in [0.5, 0.6) is 0 Å². The highest BCUT2D eigenvalue weighted by molar-refractivity contribution is 9.10. The summed E-state index contributed by atoms with van der Waals surface area (Å²) in [5.74, 6) is -1.36. The van der Waals surface area contributed by atoms with Gasteiger partial charge in [0.05, 0.1) is 0 Å². The summed E-state index contributed by atoms with van der Waals surface area (Å²) in [6.45, 7) is 3.00. The molecule has 0 unspecified atom stereocenters. The normalized spacial score (nSPS) is 10.5. The fourth-order valence-corrected chi connectivity index (χ4v) is 1.84. The number of halogens is 1. The second kappa shape index (κ2) is 8.99. The van der Waals surface area contributed by atoms with E-state index in [1.807, 2.05) is 24.3 Å². The highest BCUT2D eigenvalue weighted by Gasteiger charge is 2.10. The Morgan fingerprint density at radius 3 is 2.68 bits per heavy atom. The highest BCUT2D eigenvalue weighted by atomic mass is 79.9. The summed E-state index contributed by atoms with van der Waals surface area (Å²) in [6, 6.07) is 6.62. The van der Waals surface area contributed by atoms with Crippen molar-refractivity contribution in [2.24, 2.45) is 0 Å². The van der Waals surface area contributed by atoms with Crippen LogP contribution in [0, 0.1) is 0 Å². The van der Waals surface area contributed by atoms with E-state index in [-0.39, 0.29) is 6.04 Å². The standard InChI is InChI=1S/C15H17BrN2O4/c1-10(2)17-15(21)18-13(19)9-22-14(20)7-6-11-4-3-5-12(16)8-11/h3-8,10H,9H2,1-2H3,(H2,17,18,19,21)/b7-6+. The maximum atomic E-state index is 11.5. The van der Waals surface area contributed by atoms with Gasteiger partial charge >= 0.3 is 12.0 Å². The van der Waals surface area contributed by atoms with Gasteiger partial charge in [-0.25, -0.2) is 9.59 Å². The Kier molecular flexibility index (Phi) is 7.31. The molecule has 1 aromatic rings. The molecule has 0 aliphatic heterocycles. The van der Waals surface area contributed by atoms with Gasteiger partial charge in [0, 0.05) is 16.6 Å². The van der Waals surface area contributed by atoms with Crippen LogP contribution in [-0.2, 0) is 14.3 Å². The average Bonchev–Trinajstić information content (AvgIpc) is 2.42. The molecule has 6 nitrogen and oxygen atoms in total. The van der Waals surface area contributed by atoms with Crippen molar-refractivity contribution in [2.75, 3.05) is 6.61 Å². The molecule has 0 bridgehead atoms. The van der Waals surface area contributed by atoms with Crippen LogP contribution in [0.4, 0.5) is 4.79 Å². The van der Waals surface area contributed by atoms with Crippen molar-refractivity contribution in [3.63, 3.8) is 0 Å². The average molecular weight is 369 g/mol. The van der Waals surface area contributed by atoms with Crippen LogP contribution in [0.25, 0.3) is 6.08 Å². The minimum atomic E-state index is -0.692. The minimum absolute atomic E-state index is 0.0940. The largest absolute Gasteiger partial charge is 0.452 e. The molecule has 0 radical (unpaired) electrons. The zero-order valence-electron chi connectivity index (χ0n) is 12.3. The van der Waals surface area contributed by atoms with Gasteiger partial charge < -0.3 is 10.1 Å². The lowest BCUT2D eigenvalue weighted by Gasteiger charge is -2.08. The molecule has 1 rings (SSSR count). The molecule has 7 heteroatoms. The van der Waals surface area contributed by atoms with Gasteiger partial charge in [-0.3, -0.25) is 10.1 Å². The number of imide groups is 1. The molecule has 0 aromatic heterocycles. The Morgan fingerprint density at radius 2 is 2.05 bits per heavy atom. The number of urea groups is 1. The summed E-state index contributed by atoms with van der Waals surface area (Å²) in [6.07, 6.45) is 2.78. The third-order valence-corrected chi connectivity index (χ3v) is 2.77. The van der Waals surface area contributed by atoms with Gasteiger partial charge in [0.25, 0.3) is 5.91 Å². The lowest BCUT2D eigenvalue weighted by molar-refractivity contribution is -0.143. The monoisotopic (exact) mass is 368 g/mol. The number of rotatable bonds is 5. The Balaban J connectivity index is 2.36. The number of ether oxygens (including phenoxy) is 1. The summed E-state index contributed by atoms with van der Waals surface area (Å²) >= 11 is 3.32. The summed E-state index contributed by atoms with van der Waals surface area (Å²) in [4.78, 5) is 34.1. The molecule has 1 aromatic carbocycles. The minimum Gasteiger partial charge on any atom is -0.452 e. The predicted molar refractivity (Wildman–Crippen MR) is 85.9 cm³/mol. The first-order chi connectivity index (χ1) is 10.4. The summed E-state index contributed by atoms with van der Waals surface area (Å²) in [7, 11) is 0. The Labute approximate surface area is 137 Å². The number of hydrogen-bond donors (Lipinski definition) is 2. The second-order valence-corrected chi connectivity index (χ2v) is 5.59. The van der Waals surface area contributed by atoms with Gasteiger partial charge in [-0.1, -0.05) is 28.1 Å². The number of esters is 1. The van der Waals surface area contributed by atoms with Crippen LogP contribution < -0.4 is 10.6 Å². The molecular weight excluding hydrogens is 352 g/mol. The lowest BCUT2D eigenvalue weighted by Crippen LogP contribution is -2.43. The van der Waals surface area contributed by atoms with Gasteiger partial charge in [0.1, 0.15) is 0 Å². The summed E-state index contributed by atoms with van der Waals surface area (Å²) < 4.78 is 5.62. The van der Waals surface area contributed by atoms with Gasteiger partial charge in [-0.15, -0.1) is 0 Å². The lowest BCUT2D eigenvalue weighted by atomic mass is 10.2. The topological polar surface area (TPSA) is 84.5 Å². The zero-order chi connectivity index (χ0) is 16.5. The quantitative estimate of drug-likeness (QED) is 0.616. The SMILES string of the molecule is CC(C)NC(=O)NC(=O)COC(=O)/C=C/c1cccc(Br)c1. The maximum absolute atomic E-state index is 11.5. The Bertz CT molecular complexity index is 585. The fourth-order valence-electron chi connectivity index (χ4n) is 1.42. The van der Waals surface area contributed by atoms with Gasteiger partial charge in [-0.05, 0) is 37.6 Å². The molecule has 0 spiro atoms. The summed E-state index contributed by atoms with van der Waals surface area (Å²) in [5, 5.41) is 4.53. The zero-order valence-corrected chi connectivity index (χ0v) is 13.8. The van der Waals surface area contributed by atoms with Crippen molar-refractivity contribution in [2.45, 2.75) is 19.9 Å². The Hall–Kier alpha value is -2.15. The van der Waals surface area contributed by atoms with E-state index >= 15 is 0 Å². The number of carbonyl (C=O) groups is 3. The van der Waals surface area contributed by atoms with E-state index in [0.717, 1.165) is 10.0 Å². The predicted octanol–water partition coefficient (Wildman–Crippen LogP) is 2.24. The maximum Gasteiger partial charge on any atom is 0.331 e. The molecule has 2 N–H and O–H groups in total. The van der Waals surface area contributed by atoms with Crippen molar-refractivity contribution < 1.29 is 19.1 Å². The van der Waals surface area contributed by atoms with Crippen LogP contribution in [0.3, 0.4) is 0 Å². The highest BCUT2D eigenvalue weighted by Crippen LogP contribution is 2.12. The van der Waals surface area contributed by atoms with Gasteiger partial charge in [0.2, 0.25) is 0 Å². The number of hydrogen-bond acceptors (Lipinski definition) is 4. The number of benzene rings is 1. The molecule has 0 saturated heterocycles. The van der Waals surface area contributed by atoms with Crippen molar-refractivity contribution in [3.05, 3.63) is 40.4 Å². The van der Waals surface area contributed by atoms with E-state index in [0.29, 0.717) is 0 Å². The van der Waals surface area contributed by atoms with E-state index in [1.54, 1.807) is 19.9 Å². The van der Waals surface area contributed by atoms with Crippen LogP contribution in [-0.4, -0.2) is 30.6 Å². The molecule has 118 valence electrons. The van der Waals surface area contributed by atoms with E-state index < -0.39 is 24.5 Å². The third-order valence-electron chi connectivity index (χ3n) is 2.28. The van der Waals surface area contributed by atoms with Crippen LogP contribution in [0.1, 0.15) is 19.4 Å². The molecular formula is C15H17BrN2O4. The van der Waals surface area contributed by atoms with E-state index in [1.165, 1.54) is 6.08 Å². The van der Waals surface area contributed by atoms with Crippen molar-refractivity contribution >= 4 is 39.9 Å². The van der Waals surface area contributed by atoms with Gasteiger partial charge in [0.15, 0.2) is 6.61 Å². The summed E-state index contributed by atoms with van der Waals surface area (Å²) in [5.41, 5.74) is 0.812. The molecule has 0 heterocycles. The number of nitrogens with one attached hydrogen (secondary N) is 2. The molecule has 3 amide bonds.